The van der Waals surface area contributed by atoms with Gasteiger partial charge < -0.3 is 15.4 Å². The molecular formula is C11H19F3N2O2. The second-order valence-electron chi connectivity index (χ2n) is 4.93. The lowest BCUT2D eigenvalue weighted by atomic mass is 9.90. The molecule has 1 aliphatic rings. The van der Waals surface area contributed by atoms with Crippen LogP contribution in [0.3, 0.4) is 0 Å². The molecule has 1 aliphatic heterocycles. The fourth-order valence-corrected chi connectivity index (χ4v) is 1.77. The molecule has 2 N–H and O–H groups in total. The van der Waals surface area contributed by atoms with E-state index in [1.54, 1.807) is 0 Å². The molecule has 1 amide bonds. The standard InChI is InChI=1S/C11H19F3N2O2/c1-10(3-4-15-6-10)7-16-9(17)2-5-18-8-11(12,13)14/h15H,2-8H2,1H3,(H,16,17). The number of amides is 1. The Morgan fingerprint density at radius 3 is 2.78 bits per heavy atom. The van der Waals surface area contributed by atoms with Gasteiger partial charge in [-0.2, -0.15) is 13.2 Å². The molecule has 0 spiro atoms. The molecule has 1 heterocycles. The van der Waals surface area contributed by atoms with Gasteiger partial charge in [-0.05, 0) is 18.4 Å². The van der Waals surface area contributed by atoms with Crippen LogP contribution in [0, 0.1) is 5.41 Å². The molecule has 0 radical (unpaired) electrons. The second-order valence-corrected chi connectivity index (χ2v) is 4.93. The summed E-state index contributed by atoms with van der Waals surface area (Å²) >= 11 is 0. The number of carbonyl (C=O) groups excluding carboxylic acids is 1. The summed E-state index contributed by atoms with van der Waals surface area (Å²) in [6, 6.07) is 0. The zero-order valence-corrected chi connectivity index (χ0v) is 10.4. The van der Waals surface area contributed by atoms with E-state index in [9.17, 15) is 18.0 Å². The average Bonchev–Trinajstić information content (AvgIpc) is 2.68. The van der Waals surface area contributed by atoms with Gasteiger partial charge in [0.25, 0.3) is 0 Å². The Hall–Kier alpha value is -0.820. The van der Waals surface area contributed by atoms with Gasteiger partial charge in [-0.1, -0.05) is 6.92 Å². The fourth-order valence-electron chi connectivity index (χ4n) is 1.77. The minimum atomic E-state index is -4.33. The molecular weight excluding hydrogens is 249 g/mol. The minimum Gasteiger partial charge on any atom is -0.372 e. The van der Waals surface area contributed by atoms with Crippen LogP contribution in [-0.2, 0) is 9.53 Å². The molecule has 0 aromatic rings. The Morgan fingerprint density at radius 2 is 2.22 bits per heavy atom. The highest BCUT2D eigenvalue weighted by atomic mass is 19.4. The average molecular weight is 268 g/mol. The summed E-state index contributed by atoms with van der Waals surface area (Å²) in [6.07, 6.45) is -3.39. The third kappa shape index (κ3) is 6.20. The monoisotopic (exact) mass is 268 g/mol. The van der Waals surface area contributed by atoms with E-state index in [4.69, 9.17) is 0 Å². The molecule has 1 atom stereocenters. The predicted molar refractivity (Wildman–Crippen MR) is 60.1 cm³/mol. The van der Waals surface area contributed by atoms with Gasteiger partial charge in [0.2, 0.25) is 5.91 Å². The van der Waals surface area contributed by atoms with Crippen molar-refractivity contribution in [2.45, 2.75) is 25.9 Å². The third-order valence-corrected chi connectivity index (χ3v) is 2.91. The first-order valence-corrected chi connectivity index (χ1v) is 5.93. The van der Waals surface area contributed by atoms with Crippen LogP contribution in [0.2, 0.25) is 0 Å². The van der Waals surface area contributed by atoms with Crippen LogP contribution in [0.1, 0.15) is 19.8 Å². The van der Waals surface area contributed by atoms with Crippen molar-refractivity contribution in [3.05, 3.63) is 0 Å². The zero-order valence-electron chi connectivity index (χ0n) is 10.4. The third-order valence-electron chi connectivity index (χ3n) is 2.91. The summed E-state index contributed by atoms with van der Waals surface area (Å²) in [6.45, 7) is 2.87. The summed E-state index contributed by atoms with van der Waals surface area (Å²) in [4.78, 5) is 11.4. The normalized spacial score (nSPS) is 24.2. The van der Waals surface area contributed by atoms with Crippen LogP contribution in [0.5, 0.6) is 0 Å². The van der Waals surface area contributed by atoms with Gasteiger partial charge in [0.15, 0.2) is 0 Å². The molecule has 1 unspecified atom stereocenters. The minimum absolute atomic E-state index is 0.0421. The molecule has 0 aliphatic carbocycles. The van der Waals surface area contributed by atoms with Crippen molar-refractivity contribution in [2.75, 3.05) is 32.8 Å². The Kier molecular flexibility index (Phi) is 5.40. The number of hydrogen-bond donors (Lipinski definition) is 2. The molecule has 0 saturated carbocycles. The van der Waals surface area contributed by atoms with Gasteiger partial charge in [0.1, 0.15) is 6.61 Å². The van der Waals surface area contributed by atoms with Crippen molar-refractivity contribution < 1.29 is 22.7 Å². The summed E-state index contributed by atoms with van der Waals surface area (Å²) in [5.41, 5.74) is 0.0441. The highest BCUT2D eigenvalue weighted by molar-refractivity contribution is 5.76. The lowest BCUT2D eigenvalue weighted by molar-refractivity contribution is -0.174. The molecule has 0 aromatic heterocycles. The van der Waals surface area contributed by atoms with Crippen LogP contribution in [0.15, 0.2) is 0 Å². The van der Waals surface area contributed by atoms with E-state index in [2.05, 4.69) is 22.3 Å². The van der Waals surface area contributed by atoms with E-state index in [1.165, 1.54) is 0 Å². The summed E-state index contributed by atoms with van der Waals surface area (Å²) in [7, 11) is 0. The Labute approximate surface area is 104 Å². The predicted octanol–water partition coefficient (Wildman–Crippen LogP) is 1.07. The molecule has 7 heteroatoms. The lowest BCUT2D eigenvalue weighted by Crippen LogP contribution is -2.37. The zero-order chi connectivity index (χ0) is 13.6. The highest BCUT2D eigenvalue weighted by Gasteiger charge is 2.29. The van der Waals surface area contributed by atoms with Crippen molar-refractivity contribution in [1.29, 1.82) is 0 Å². The number of hydrogen-bond acceptors (Lipinski definition) is 3. The summed E-state index contributed by atoms with van der Waals surface area (Å²) in [5.74, 6) is -0.273. The number of halogens is 3. The van der Waals surface area contributed by atoms with Gasteiger partial charge in [-0.15, -0.1) is 0 Å². The molecule has 0 bridgehead atoms. The van der Waals surface area contributed by atoms with Gasteiger partial charge in [0.05, 0.1) is 6.61 Å². The molecule has 1 fully saturated rings. The maximum atomic E-state index is 11.8. The van der Waals surface area contributed by atoms with E-state index in [1.807, 2.05) is 0 Å². The Bertz CT molecular complexity index is 276. The molecule has 0 aromatic carbocycles. The summed E-state index contributed by atoms with van der Waals surface area (Å²) < 4.78 is 39.6. The number of alkyl halides is 3. The lowest BCUT2D eigenvalue weighted by Gasteiger charge is -2.22. The van der Waals surface area contributed by atoms with Crippen molar-refractivity contribution in [3.8, 4) is 0 Å². The number of nitrogens with one attached hydrogen (secondary N) is 2. The molecule has 1 saturated heterocycles. The first kappa shape index (κ1) is 15.2. The molecule has 1 rings (SSSR count). The van der Waals surface area contributed by atoms with Gasteiger partial charge in [-0.25, -0.2) is 0 Å². The first-order valence-electron chi connectivity index (χ1n) is 5.93. The molecule has 106 valence electrons. The van der Waals surface area contributed by atoms with E-state index in [-0.39, 0.29) is 24.3 Å². The van der Waals surface area contributed by atoms with E-state index in [0.29, 0.717) is 6.54 Å². The highest BCUT2D eigenvalue weighted by Crippen LogP contribution is 2.22. The van der Waals surface area contributed by atoms with Crippen LogP contribution in [-0.4, -0.2) is 44.9 Å². The quantitative estimate of drug-likeness (QED) is 0.709. The van der Waals surface area contributed by atoms with E-state index >= 15 is 0 Å². The van der Waals surface area contributed by atoms with E-state index in [0.717, 1.165) is 19.5 Å². The van der Waals surface area contributed by atoms with Crippen LogP contribution < -0.4 is 10.6 Å². The second kappa shape index (κ2) is 6.38. The topological polar surface area (TPSA) is 50.4 Å². The Morgan fingerprint density at radius 1 is 1.50 bits per heavy atom. The number of rotatable bonds is 6. The van der Waals surface area contributed by atoms with Crippen molar-refractivity contribution >= 4 is 5.91 Å². The van der Waals surface area contributed by atoms with E-state index < -0.39 is 12.8 Å². The maximum Gasteiger partial charge on any atom is 0.411 e. The number of carbonyl (C=O) groups is 1. The molecule has 4 nitrogen and oxygen atoms in total. The largest absolute Gasteiger partial charge is 0.411 e. The Balaban J connectivity index is 2.07. The van der Waals surface area contributed by atoms with Gasteiger partial charge in [-0.3, -0.25) is 4.79 Å². The van der Waals surface area contributed by atoms with Gasteiger partial charge >= 0.3 is 6.18 Å². The smallest absolute Gasteiger partial charge is 0.372 e. The maximum absolute atomic E-state index is 11.8. The van der Waals surface area contributed by atoms with Gasteiger partial charge in [0, 0.05) is 19.5 Å². The number of ether oxygens (including phenoxy) is 1. The van der Waals surface area contributed by atoms with Crippen molar-refractivity contribution in [2.24, 2.45) is 5.41 Å². The van der Waals surface area contributed by atoms with Crippen molar-refractivity contribution in [1.82, 2.24) is 10.6 Å². The van der Waals surface area contributed by atoms with Crippen LogP contribution >= 0.6 is 0 Å². The van der Waals surface area contributed by atoms with Crippen molar-refractivity contribution in [3.63, 3.8) is 0 Å². The van der Waals surface area contributed by atoms with Crippen LogP contribution in [0.4, 0.5) is 13.2 Å². The fraction of sp³-hybridized carbons (Fsp3) is 0.909. The van der Waals surface area contributed by atoms with Crippen LogP contribution in [0.25, 0.3) is 0 Å². The SMILES string of the molecule is CC1(CNC(=O)CCOCC(F)(F)F)CCNC1. The first-order chi connectivity index (χ1) is 8.31. The summed E-state index contributed by atoms with van der Waals surface area (Å²) in [5, 5.41) is 5.93. The molecule has 18 heavy (non-hydrogen) atoms.